The fourth-order valence-electron chi connectivity index (χ4n) is 4.41. The van der Waals surface area contributed by atoms with E-state index in [0.29, 0.717) is 37.2 Å². The molecule has 2 aromatic carbocycles. The first-order valence-corrected chi connectivity index (χ1v) is 15.2. The standard InChI is InChI=1S/C20H28N2O4.C15H20N2O2.ClH/c1-19(2,3)15-16(14-10-8-7-9-11-14)26-22-17(15)24-13-12-21-18(23)25-20(4,5)6;1-15(2,3)12-13(11-7-5-4-6-8-11)19-17-14(12)18-10-9-16;/h7-11H,12-13H2,1-6H3,(H,21,23);4-8H,9-10,16H2,1-3H3;1H. The van der Waals surface area contributed by atoms with Crippen LogP contribution in [-0.2, 0) is 15.6 Å². The monoisotopic (exact) mass is 656 g/mol. The molecule has 0 unspecified atom stereocenters. The van der Waals surface area contributed by atoms with Crippen molar-refractivity contribution in [3.05, 3.63) is 71.8 Å². The molecule has 1 amide bonds. The molecule has 0 radical (unpaired) electrons. The molecule has 2 heterocycles. The first-order chi connectivity index (χ1) is 21.1. The maximum atomic E-state index is 11.7. The number of carbonyl (C=O) groups is 1. The molecule has 0 spiro atoms. The second-order valence-electron chi connectivity index (χ2n) is 13.5. The number of amides is 1. The molecule has 2 aromatic heterocycles. The van der Waals surface area contributed by atoms with Gasteiger partial charge in [0.05, 0.1) is 17.7 Å². The lowest BCUT2D eigenvalue weighted by atomic mass is 9.85. The summed E-state index contributed by atoms with van der Waals surface area (Å²) in [5.41, 5.74) is 8.45. The van der Waals surface area contributed by atoms with Gasteiger partial charge in [-0.2, -0.15) is 0 Å². The van der Waals surface area contributed by atoms with Crippen LogP contribution in [-0.4, -0.2) is 48.3 Å². The smallest absolute Gasteiger partial charge is 0.407 e. The van der Waals surface area contributed by atoms with Crippen molar-refractivity contribution in [2.75, 3.05) is 26.3 Å². The molecule has 0 bridgehead atoms. The Morgan fingerprint density at radius 2 is 1.13 bits per heavy atom. The van der Waals surface area contributed by atoms with Gasteiger partial charge in [-0.15, -0.1) is 12.4 Å². The van der Waals surface area contributed by atoms with E-state index >= 15 is 0 Å². The van der Waals surface area contributed by atoms with Crippen LogP contribution < -0.4 is 20.5 Å². The molecule has 11 heteroatoms. The molecule has 0 saturated heterocycles. The molecule has 0 fully saturated rings. The first kappa shape index (κ1) is 38.2. The van der Waals surface area contributed by atoms with Crippen molar-refractivity contribution in [1.29, 1.82) is 0 Å². The summed E-state index contributed by atoms with van der Waals surface area (Å²) in [5.74, 6) is 2.45. The number of alkyl carbamates (subject to hydrolysis) is 1. The van der Waals surface area contributed by atoms with Gasteiger partial charge in [0, 0.05) is 17.7 Å². The van der Waals surface area contributed by atoms with Crippen LogP contribution in [0.2, 0.25) is 0 Å². The van der Waals surface area contributed by atoms with E-state index in [1.54, 1.807) is 0 Å². The van der Waals surface area contributed by atoms with Crippen LogP contribution in [0.3, 0.4) is 0 Å². The van der Waals surface area contributed by atoms with Gasteiger partial charge in [0.25, 0.3) is 11.8 Å². The number of nitrogens with one attached hydrogen (secondary N) is 1. The quantitative estimate of drug-likeness (QED) is 0.172. The van der Waals surface area contributed by atoms with Crippen molar-refractivity contribution in [3.63, 3.8) is 0 Å². The molecule has 0 atom stereocenters. The van der Waals surface area contributed by atoms with Gasteiger partial charge < -0.3 is 34.3 Å². The molecule has 252 valence electrons. The lowest BCUT2D eigenvalue weighted by Gasteiger charge is -2.20. The zero-order chi connectivity index (χ0) is 33.3. The minimum absolute atomic E-state index is 0. The summed E-state index contributed by atoms with van der Waals surface area (Å²) < 4.78 is 27.6. The highest BCUT2D eigenvalue weighted by molar-refractivity contribution is 5.85. The number of nitrogens with zero attached hydrogens (tertiary/aromatic N) is 2. The third kappa shape index (κ3) is 11.1. The zero-order valence-corrected chi connectivity index (χ0v) is 29.2. The molecule has 4 aromatic rings. The average molecular weight is 657 g/mol. The minimum atomic E-state index is -0.527. The summed E-state index contributed by atoms with van der Waals surface area (Å²) in [6, 6.07) is 19.7. The Morgan fingerprint density at radius 1 is 0.717 bits per heavy atom. The van der Waals surface area contributed by atoms with Crippen molar-refractivity contribution in [1.82, 2.24) is 15.6 Å². The highest BCUT2D eigenvalue weighted by Crippen LogP contribution is 2.40. The van der Waals surface area contributed by atoms with Crippen LogP contribution in [0.5, 0.6) is 11.8 Å². The molecule has 46 heavy (non-hydrogen) atoms. The summed E-state index contributed by atoms with van der Waals surface area (Å²) >= 11 is 0. The summed E-state index contributed by atoms with van der Waals surface area (Å²) in [5, 5.41) is 10.8. The van der Waals surface area contributed by atoms with Crippen molar-refractivity contribution in [3.8, 4) is 34.4 Å². The van der Waals surface area contributed by atoms with Crippen LogP contribution in [0.4, 0.5) is 4.79 Å². The van der Waals surface area contributed by atoms with Crippen molar-refractivity contribution >= 4 is 18.5 Å². The van der Waals surface area contributed by atoms with E-state index in [4.69, 9.17) is 29.0 Å². The van der Waals surface area contributed by atoms with Gasteiger partial charge in [-0.1, -0.05) is 102 Å². The fraction of sp³-hybridized carbons (Fsp3) is 0.457. The molecule has 0 saturated carbocycles. The predicted molar refractivity (Wildman–Crippen MR) is 183 cm³/mol. The van der Waals surface area contributed by atoms with Gasteiger partial charge in [-0.3, -0.25) is 0 Å². The first-order valence-electron chi connectivity index (χ1n) is 15.2. The Balaban J connectivity index is 0.000000328. The molecule has 10 nitrogen and oxygen atoms in total. The third-order valence-corrected chi connectivity index (χ3v) is 6.26. The number of rotatable bonds is 9. The number of halogens is 1. The predicted octanol–water partition coefficient (Wildman–Crippen LogP) is 7.94. The fourth-order valence-corrected chi connectivity index (χ4v) is 4.41. The molecule has 0 aliphatic rings. The van der Waals surface area contributed by atoms with Gasteiger partial charge in [0.1, 0.15) is 18.8 Å². The normalized spacial score (nSPS) is 11.5. The number of carbonyl (C=O) groups excluding carboxylic acids is 1. The Morgan fingerprint density at radius 3 is 1.50 bits per heavy atom. The van der Waals surface area contributed by atoms with Gasteiger partial charge in [0.15, 0.2) is 11.5 Å². The maximum absolute atomic E-state index is 11.7. The number of ether oxygens (including phenoxy) is 3. The zero-order valence-electron chi connectivity index (χ0n) is 28.4. The lowest BCUT2D eigenvalue weighted by molar-refractivity contribution is 0.0519. The van der Waals surface area contributed by atoms with Crippen LogP contribution in [0, 0.1) is 0 Å². The third-order valence-electron chi connectivity index (χ3n) is 6.26. The van der Waals surface area contributed by atoms with E-state index in [1.165, 1.54) is 0 Å². The van der Waals surface area contributed by atoms with E-state index in [0.717, 1.165) is 28.0 Å². The molecule has 0 aliphatic carbocycles. The maximum Gasteiger partial charge on any atom is 0.407 e. The van der Waals surface area contributed by atoms with Crippen molar-refractivity contribution in [2.45, 2.75) is 78.7 Å². The van der Waals surface area contributed by atoms with Crippen LogP contribution in [0.1, 0.15) is 73.4 Å². The second-order valence-corrected chi connectivity index (χ2v) is 13.5. The van der Waals surface area contributed by atoms with E-state index < -0.39 is 11.7 Å². The lowest BCUT2D eigenvalue weighted by Crippen LogP contribution is -2.34. The van der Waals surface area contributed by atoms with E-state index in [1.807, 2.05) is 81.4 Å². The average Bonchev–Trinajstić information content (AvgIpc) is 3.60. The Labute approximate surface area is 278 Å². The molecule has 4 rings (SSSR count). The van der Waals surface area contributed by atoms with Crippen LogP contribution >= 0.6 is 12.4 Å². The van der Waals surface area contributed by atoms with Gasteiger partial charge in [-0.25, -0.2) is 4.79 Å². The summed E-state index contributed by atoms with van der Waals surface area (Å²) in [6.07, 6.45) is -0.470. The van der Waals surface area contributed by atoms with Gasteiger partial charge in [0.2, 0.25) is 0 Å². The Kier molecular flexibility index (Phi) is 13.7. The molecular weight excluding hydrogens is 608 g/mol. The number of nitrogens with two attached hydrogens (primary N) is 1. The van der Waals surface area contributed by atoms with Crippen LogP contribution in [0.25, 0.3) is 22.6 Å². The van der Waals surface area contributed by atoms with Gasteiger partial charge in [-0.05, 0) is 41.9 Å². The highest BCUT2D eigenvalue weighted by Gasteiger charge is 2.30. The highest BCUT2D eigenvalue weighted by atomic mass is 35.5. The largest absolute Gasteiger partial charge is 0.474 e. The minimum Gasteiger partial charge on any atom is -0.474 e. The SMILES string of the molecule is CC(C)(C)OC(=O)NCCOc1noc(-c2ccccc2)c1C(C)(C)C.CC(C)(C)c1c(OCCN)noc1-c1ccccc1.Cl. The summed E-state index contributed by atoms with van der Waals surface area (Å²) in [6.45, 7) is 19.5. The molecule has 0 aliphatic heterocycles. The number of aromatic nitrogens is 2. The number of benzene rings is 2. The van der Waals surface area contributed by atoms with E-state index in [2.05, 4.69) is 57.2 Å². The summed E-state index contributed by atoms with van der Waals surface area (Å²) in [7, 11) is 0. The van der Waals surface area contributed by atoms with Crippen molar-refractivity contribution < 1.29 is 28.1 Å². The Bertz CT molecular complexity index is 1480. The summed E-state index contributed by atoms with van der Waals surface area (Å²) in [4.78, 5) is 11.7. The number of hydrogen-bond acceptors (Lipinski definition) is 9. The topological polar surface area (TPSA) is 135 Å². The van der Waals surface area contributed by atoms with Crippen molar-refractivity contribution in [2.24, 2.45) is 5.73 Å². The molecule has 3 N–H and O–H groups in total. The second kappa shape index (κ2) is 16.5. The number of hydrogen-bond donors (Lipinski definition) is 2. The van der Waals surface area contributed by atoms with E-state index in [9.17, 15) is 4.79 Å². The molecular formula is C35H49ClN4O6. The van der Waals surface area contributed by atoms with Gasteiger partial charge >= 0.3 is 6.09 Å². The van der Waals surface area contributed by atoms with Crippen LogP contribution in [0.15, 0.2) is 69.7 Å². The Hall–Kier alpha value is -4.02. The van der Waals surface area contributed by atoms with E-state index in [-0.39, 0.29) is 29.8 Å².